The Labute approximate surface area is 140 Å². The van der Waals surface area contributed by atoms with Crippen LogP contribution >= 0.6 is 0 Å². The molecular weight excluding hydrogens is 319 g/mol. The lowest BCUT2D eigenvalue weighted by molar-refractivity contribution is -0.126. The molecule has 1 aromatic carbocycles. The van der Waals surface area contributed by atoms with Gasteiger partial charge in [0.25, 0.3) is 5.91 Å². The van der Waals surface area contributed by atoms with Crippen LogP contribution in [-0.2, 0) is 10.3 Å². The number of nitrogens with one attached hydrogen (secondary N) is 1. The van der Waals surface area contributed by atoms with Gasteiger partial charge in [-0.2, -0.15) is 8.78 Å². The van der Waals surface area contributed by atoms with Crippen molar-refractivity contribution in [1.29, 1.82) is 0 Å². The summed E-state index contributed by atoms with van der Waals surface area (Å²) in [5.74, 6) is -1.56. The molecule has 4 nitrogen and oxygen atoms in total. The smallest absolute Gasteiger partial charge is 0.315 e. The predicted octanol–water partition coefficient (Wildman–Crippen LogP) is 4.20. The van der Waals surface area contributed by atoms with Gasteiger partial charge < -0.3 is 11.1 Å². The number of rotatable bonds is 8. The standard InChI is InChI=1S/C17H24F3N3O/c1-4-6-9-17(3,23-14(21)5-2)12-10-11(7-8-13(12)18)22-16(24)15(19)20/h7-8,10,15H,4-6,9H2,1-3H3,(H2,21,23)(H,22,24). The van der Waals surface area contributed by atoms with E-state index in [-0.39, 0.29) is 11.3 Å². The first-order chi connectivity index (χ1) is 11.2. The van der Waals surface area contributed by atoms with E-state index < -0.39 is 23.7 Å². The Morgan fingerprint density at radius 1 is 1.38 bits per heavy atom. The van der Waals surface area contributed by atoms with E-state index in [0.29, 0.717) is 18.7 Å². The predicted molar refractivity (Wildman–Crippen MR) is 89.8 cm³/mol. The van der Waals surface area contributed by atoms with E-state index in [1.165, 1.54) is 12.1 Å². The minimum atomic E-state index is -3.14. The fourth-order valence-corrected chi connectivity index (χ4v) is 2.38. The maximum atomic E-state index is 14.4. The van der Waals surface area contributed by atoms with Crippen molar-refractivity contribution in [2.45, 2.75) is 58.4 Å². The van der Waals surface area contributed by atoms with E-state index in [0.717, 1.165) is 18.9 Å². The van der Waals surface area contributed by atoms with Crippen LogP contribution in [0, 0.1) is 5.82 Å². The zero-order valence-corrected chi connectivity index (χ0v) is 14.2. The number of anilines is 1. The second kappa shape index (κ2) is 8.70. The van der Waals surface area contributed by atoms with Crippen LogP contribution in [0.1, 0.15) is 52.0 Å². The SMILES string of the molecule is CCCCC(C)(N=C(N)CC)c1cc(NC(=O)C(F)F)ccc1F. The first-order valence-corrected chi connectivity index (χ1v) is 7.96. The lowest BCUT2D eigenvalue weighted by atomic mass is 9.86. The number of hydrogen-bond acceptors (Lipinski definition) is 2. The molecule has 134 valence electrons. The maximum Gasteiger partial charge on any atom is 0.315 e. The largest absolute Gasteiger partial charge is 0.387 e. The quantitative estimate of drug-likeness (QED) is 0.549. The number of hydrogen-bond donors (Lipinski definition) is 2. The van der Waals surface area contributed by atoms with Crippen molar-refractivity contribution in [3.63, 3.8) is 0 Å². The molecule has 0 radical (unpaired) electrons. The first kappa shape index (κ1) is 20.0. The molecule has 0 spiro atoms. The summed E-state index contributed by atoms with van der Waals surface area (Å²) in [5, 5.41) is 2.07. The second-order valence-corrected chi connectivity index (χ2v) is 5.82. The lowest BCUT2D eigenvalue weighted by Gasteiger charge is -2.27. The molecule has 1 atom stereocenters. The van der Waals surface area contributed by atoms with E-state index in [9.17, 15) is 18.0 Å². The Balaban J connectivity index is 3.28. The molecule has 0 aliphatic carbocycles. The monoisotopic (exact) mass is 343 g/mol. The molecule has 7 heteroatoms. The molecule has 0 saturated carbocycles. The van der Waals surface area contributed by atoms with Crippen LogP contribution in [0.15, 0.2) is 23.2 Å². The average Bonchev–Trinajstić information content (AvgIpc) is 2.54. The summed E-state index contributed by atoms with van der Waals surface area (Å²) in [6.45, 7) is 5.60. The Morgan fingerprint density at radius 2 is 2.04 bits per heavy atom. The molecule has 1 rings (SSSR count). The Bertz CT molecular complexity index is 605. The highest BCUT2D eigenvalue weighted by molar-refractivity contribution is 5.93. The molecule has 0 aliphatic heterocycles. The van der Waals surface area contributed by atoms with Crippen LogP contribution in [0.5, 0.6) is 0 Å². The summed E-state index contributed by atoms with van der Waals surface area (Å²) in [7, 11) is 0. The summed E-state index contributed by atoms with van der Waals surface area (Å²) >= 11 is 0. The molecular formula is C17H24F3N3O. The van der Waals surface area contributed by atoms with Gasteiger partial charge in [-0.05, 0) is 31.5 Å². The third kappa shape index (κ3) is 5.25. The summed E-state index contributed by atoms with van der Waals surface area (Å²) < 4.78 is 39.1. The number of alkyl halides is 2. The topological polar surface area (TPSA) is 67.5 Å². The number of aliphatic imine (C=N–C) groups is 1. The lowest BCUT2D eigenvalue weighted by Crippen LogP contribution is -2.26. The van der Waals surface area contributed by atoms with Crippen LogP contribution < -0.4 is 11.1 Å². The van der Waals surface area contributed by atoms with Crippen molar-refractivity contribution in [3.05, 3.63) is 29.6 Å². The van der Waals surface area contributed by atoms with Gasteiger partial charge in [-0.25, -0.2) is 4.39 Å². The molecule has 0 heterocycles. The molecule has 3 N–H and O–H groups in total. The van der Waals surface area contributed by atoms with Crippen molar-refractivity contribution < 1.29 is 18.0 Å². The van der Waals surface area contributed by atoms with Gasteiger partial charge in [-0.15, -0.1) is 0 Å². The van der Waals surface area contributed by atoms with Crippen molar-refractivity contribution in [1.82, 2.24) is 0 Å². The highest BCUT2D eigenvalue weighted by Crippen LogP contribution is 2.35. The normalized spacial score (nSPS) is 14.5. The van der Waals surface area contributed by atoms with Crippen LogP contribution in [0.2, 0.25) is 0 Å². The summed E-state index contributed by atoms with van der Waals surface area (Å²) in [6, 6.07) is 3.72. The zero-order chi connectivity index (χ0) is 18.3. The highest BCUT2D eigenvalue weighted by atomic mass is 19.3. The molecule has 0 aliphatic rings. The van der Waals surface area contributed by atoms with E-state index >= 15 is 0 Å². The maximum absolute atomic E-state index is 14.4. The number of benzene rings is 1. The van der Waals surface area contributed by atoms with Gasteiger partial charge in [0.2, 0.25) is 0 Å². The van der Waals surface area contributed by atoms with Crippen LogP contribution in [0.25, 0.3) is 0 Å². The number of nitrogens with two attached hydrogens (primary N) is 1. The second-order valence-electron chi connectivity index (χ2n) is 5.82. The van der Waals surface area contributed by atoms with Crippen molar-refractivity contribution in [3.8, 4) is 0 Å². The van der Waals surface area contributed by atoms with Gasteiger partial charge in [0, 0.05) is 17.7 Å². The van der Waals surface area contributed by atoms with Crippen LogP contribution in [0.4, 0.5) is 18.9 Å². The zero-order valence-electron chi connectivity index (χ0n) is 14.2. The van der Waals surface area contributed by atoms with E-state index in [1.807, 2.05) is 13.8 Å². The number of nitrogens with zero attached hydrogens (tertiary/aromatic N) is 1. The first-order valence-electron chi connectivity index (χ1n) is 7.96. The Morgan fingerprint density at radius 3 is 2.58 bits per heavy atom. The number of amidine groups is 1. The van der Waals surface area contributed by atoms with E-state index in [2.05, 4.69) is 10.3 Å². The molecule has 24 heavy (non-hydrogen) atoms. The van der Waals surface area contributed by atoms with Gasteiger partial charge in [0.15, 0.2) is 0 Å². The van der Waals surface area contributed by atoms with Crippen molar-refractivity contribution in [2.75, 3.05) is 5.32 Å². The highest BCUT2D eigenvalue weighted by Gasteiger charge is 2.29. The fraction of sp³-hybridized carbons (Fsp3) is 0.529. The van der Waals surface area contributed by atoms with E-state index in [4.69, 9.17) is 5.73 Å². The summed E-state index contributed by atoms with van der Waals surface area (Å²) in [4.78, 5) is 15.6. The molecule has 0 aromatic heterocycles. The Kier molecular flexibility index (Phi) is 7.25. The van der Waals surface area contributed by atoms with Gasteiger partial charge in [0.05, 0.1) is 11.4 Å². The van der Waals surface area contributed by atoms with Crippen molar-refractivity contribution in [2.24, 2.45) is 10.7 Å². The minimum absolute atomic E-state index is 0.102. The van der Waals surface area contributed by atoms with Gasteiger partial charge in [0.1, 0.15) is 5.82 Å². The molecule has 1 unspecified atom stereocenters. The molecule has 0 saturated heterocycles. The molecule has 0 fully saturated rings. The van der Waals surface area contributed by atoms with Gasteiger partial charge in [-0.1, -0.05) is 26.7 Å². The molecule has 0 bridgehead atoms. The third-order valence-corrected chi connectivity index (χ3v) is 3.78. The fourth-order valence-electron chi connectivity index (χ4n) is 2.38. The number of halogens is 3. The van der Waals surface area contributed by atoms with Gasteiger partial charge >= 0.3 is 6.43 Å². The third-order valence-electron chi connectivity index (χ3n) is 3.78. The number of unbranched alkanes of at least 4 members (excludes halogenated alkanes) is 1. The molecule has 1 amide bonds. The Hall–Kier alpha value is -2.05. The van der Waals surface area contributed by atoms with E-state index in [1.54, 1.807) is 6.92 Å². The number of amides is 1. The van der Waals surface area contributed by atoms with Crippen LogP contribution in [-0.4, -0.2) is 18.2 Å². The number of carbonyl (C=O) groups excluding carboxylic acids is 1. The summed E-state index contributed by atoms with van der Waals surface area (Å²) in [6.07, 6.45) is -0.387. The average molecular weight is 343 g/mol. The van der Waals surface area contributed by atoms with Crippen molar-refractivity contribution >= 4 is 17.4 Å². The number of carbonyl (C=O) groups is 1. The minimum Gasteiger partial charge on any atom is -0.387 e. The van der Waals surface area contributed by atoms with Crippen LogP contribution in [0.3, 0.4) is 0 Å². The molecule has 1 aromatic rings. The summed E-state index contributed by atoms with van der Waals surface area (Å²) in [5.41, 5.74) is 5.23. The van der Waals surface area contributed by atoms with Gasteiger partial charge in [-0.3, -0.25) is 9.79 Å².